The van der Waals surface area contributed by atoms with Gasteiger partial charge in [-0.25, -0.2) is 0 Å². The van der Waals surface area contributed by atoms with Crippen LogP contribution in [0, 0.1) is 0 Å². The molecule has 0 aromatic rings. The van der Waals surface area contributed by atoms with Gasteiger partial charge in [-0.1, -0.05) is 0 Å². The lowest BCUT2D eigenvalue weighted by molar-refractivity contribution is 0.0515. The van der Waals surface area contributed by atoms with Gasteiger partial charge in [-0.05, 0) is 27.7 Å². The summed E-state index contributed by atoms with van der Waals surface area (Å²) in [7, 11) is 0. The zero-order valence-electron chi connectivity index (χ0n) is 9.21. The molecule has 0 amide bonds. The summed E-state index contributed by atoms with van der Waals surface area (Å²) in [4.78, 5) is 2.39. The van der Waals surface area contributed by atoms with Gasteiger partial charge in [0.2, 0.25) is 0 Å². The molecule has 0 radical (unpaired) electrons. The van der Waals surface area contributed by atoms with Gasteiger partial charge < -0.3 is 10.5 Å². The van der Waals surface area contributed by atoms with Crippen molar-refractivity contribution in [2.75, 3.05) is 19.7 Å². The molecule has 0 bridgehead atoms. The molecule has 2 atom stereocenters. The van der Waals surface area contributed by atoms with E-state index >= 15 is 0 Å². The molecule has 13 heavy (non-hydrogen) atoms. The Bertz CT molecular complexity index is 165. The molecule has 1 aliphatic heterocycles. The molecule has 3 nitrogen and oxygen atoms in total. The fraction of sp³-hybridized carbons (Fsp3) is 1.00. The second-order valence-electron chi connectivity index (χ2n) is 4.73. The number of ether oxygens (including phenoxy) is 1. The topological polar surface area (TPSA) is 38.5 Å². The summed E-state index contributed by atoms with van der Waals surface area (Å²) < 4.78 is 5.57. The normalized spacial score (nSPS) is 31.2. The van der Waals surface area contributed by atoms with E-state index in [0.29, 0.717) is 0 Å². The van der Waals surface area contributed by atoms with Gasteiger partial charge in [-0.2, -0.15) is 0 Å². The number of hydrogen-bond acceptors (Lipinski definition) is 3. The fourth-order valence-electron chi connectivity index (χ4n) is 1.74. The molecule has 0 spiro atoms. The number of hydrogen-bond donors (Lipinski definition) is 1. The van der Waals surface area contributed by atoms with Crippen LogP contribution >= 0.6 is 0 Å². The van der Waals surface area contributed by atoms with E-state index in [2.05, 4.69) is 25.7 Å². The third-order valence-corrected chi connectivity index (χ3v) is 2.64. The molecule has 1 fully saturated rings. The quantitative estimate of drug-likeness (QED) is 0.694. The molecule has 2 unspecified atom stereocenters. The minimum absolute atomic E-state index is 0.180. The van der Waals surface area contributed by atoms with Crippen LogP contribution in [-0.2, 0) is 4.74 Å². The summed E-state index contributed by atoms with van der Waals surface area (Å²) in [5.74, 6) is 0. The van der Waals surface area contributed by atoms with Crippen LogP contribution in [0.5, 0.6) is 0 Å². The first-order valence-corrected chi connectivity index (χ1v) is 5.07. The Labute approximate surface area is 81.2 Å². The standard InChI is InChI=1S/C10H22N2O/c1-5-13-9-7-12(6-8(9)11)10(2,3)4/h8-9H,5-7,11H2,1-4H3. The zero-order valence-corrected chi connectivity index (χ0v) is 9.21. The second kappa shape index (κ2) is 3.95. The van der Waals surface area contributed by atoms with Crippen molar-refractivity contribution >= 4 is 0 Å². The molecular weight excluding hydrogens is 164 g/mol. The van der Waals surface area contributed by atoms with E-state index in [0.717, 1.165) is 19.7 Å². The smallest absolute Gasteiger partial charge is 0.0865 e. The molecule has 78 valence electrons. The van der Waals surface area contributed by atoms with E-state index < -0.39 is 0 Å². The highest BCUT2D eigenvalue weighted by Crippen LogP contribution is 2.21. The molecular formula is C10H22N2O. The van der Waals surface area contributed by atoms with E-state index in [-0.39, 0.29) is 17.7 Å². The van der Waals surface area contributed by atoms with E-state index in [1.807, 2.05) is 6.92 Å². The monoisotopic (exact) mass is 186 g/mol. The molecule has 1 rings (SSSR count). The lowest BCUT2D eigenvalue weighted by Gasteiger charge is -2.31. The first-order chi connectivity index (χ1) is 5.95. The summed E-state index contributed by atoms with van der Waals surface area (Å²) in [6.45, 7) is 11.4. The molecule has 0 aliphatic carbocycles. The largest absolute Gasteiger partial charge is 0.376 e. The third-order valence-electron chi connectivity index (χ3n) is 2.64. The average molecular weight is 186 g/mol. The Balaban J connectivity index is 2.50. The van der Waals surface area contributed by atoms with Crippen molar-refractivity contribution in [1.29, 1.82) is 0 Å². The predicted molar refractivity (Wildman–Crippen MR) is 54.7 cm³/mol. The molecule has 0 aromatic heterocycles. The second-order valence-corrected chi connectivity index (χ2v) is 4.73. The summed E-state index contributed by atoms with van der Waals surface area (Å²) in [5, 5.41) is 0. The van der Waals surface area contributed by atoms with Crippen LogP contribution in [0.25, 0.3) is 0 Å². The third kappa shape index (κ3) is 2.66. The Morgan fingerprint density at radius 2 is 2.00 bits per heavy atom. The highest BCUT2D eigenvalue weighted by Gasteiger charge is 2.35. The van der Waals surface area contributed by atoms with E-state index in [9.17, 15) is 0 Å². The lowest BCUT2D eigenvalue weighted by Crippen LogP contribution is -2.40. The lowest BCUT2D eigenvalue weighted by atomic mass is 10.1. The summed E-state index contributed by atoms with van der Waals surface area (Å²) >= 11 is 0. The van der Waals surface area contributed by atoms with Gasteiger partial charge in [-0.3, -0.25) is 4.90 Å². The minimum Gasteiger partial charge on any atom is -0.376 e. The van der Waals surface area contributed by atoms with Gasteiger partial charge >= 0.3 is 0 Å². The van der Waals surface area contributed by atoms with Crippen molar-refractivity contribution in [2.24, 2.45) is 5.73 Å². The van der Waals surface area contributed by atoms with Gasteiger partial charge in [0.1, 0.15) is 0 Å². The number of rotatable bonds is 2. The van der Waals surface area contributed by atoms with Gasteiger partial charge in [0.25, 0.3) is 0 Å². The van der Waals surface area contributed by atoms with Crippen molar-refractivity contribution in [3.05, 3.63) is 0 Å². The maximum absolute atomic E-state index is 5.99. The summed E-state index contributed by atoms with van der Waals surface area (Å²) in [6.07, 6.45) is 0.226. The molecule has 0 aromatic carbocycles. The number of likely N-dealkylation sites (tertiary alicyclic amines) is 1. The van der Waals surface area contributed by atoms with Crippen molar-refractivity contribution < 1.29 is 4.74 Å². The predicted octanol–water partition coefficient (Wildman–Crippen LogP) is 0.833. The van der Waals surface area contributed by atoms with Crippen molar-refractivity contribution in [3.63, 3.8) is 0 Å². The van der Waals surface area contributed by atoms with Crippen LogP contribution < -0.4 is 5.73 Å². The van der Waals surface area contributed by atoms with Gasteiger partial charge in [-0.15, -0.1) is 0 Å². The number of nitrogens with zero attached hydrogens (tertiary/aromatic N) is 1. The zero-order chi connectivity index (χ0) is 10.1. The molecule has 3 heteroatoms. The Morgan fingerprint density at radius 1 is 1.38 bits per heavy atom. The van der Waals surface area contributed by atoms with Gasteiger partial charge in [0.15, 0.2) is 0 Å². The van der Waals surface area contributed by atoms with Crippen LogP contribution in [0.2, 0.25) is 0 Å². The Morgan fingerprint density at radius 3 is 2.38 bits per heavy atom. The Kier molecular flexibility index (Phi) is 3.33. The van der Waals surface area contributed by atoms with E-state index in [1.165, 1.54) is 0 Å². The average Bonchev–Trinajstić information content (AvgIpc) is 2.32. The minimum atomic E-state index is 0.180. The molecule has 1 heterocycles. The van der Waals surface area contributed by atoms with Gasteiger partial charge in [0.05, 0.1) is 6.10 Å². The SMILES string of the molecule is CCOC1CN(C(C)(C)C)CC1N. The first kappa shape index (κ1) is 11.0. The highest BCUT2D eigenvalue weighted by molar-refractivity contribution is 4.93. The highest BCUT2D eigenvalue weighted by atomic mass is 16.5. The molecule has 1 saturated heterocycles. The van der Waals surface area contributed by atoms with E-state index in [4.69, 9.17) is 10.5 Å². The number of nitrogens with two attached hydrogens (primary N) is 1. The van der Waals surface area contributed by atoms with Gasteiger partial charge in [0, 0.05) is 31.3 Å². The van der Waals surface area contributed by atoms with Crippen molar-refractivity contribution in [3.8, 4) is 0 Å². The molecule has 1 aliphatic rings. The van der Waals surface area contributed by atoms with Crippen LogP contribution in [0.4, 0.5) is 0 Å². The maximum Gasteiger partial charge on any atom is 0.0865 e. The van der Waals surface area contributed by atoms with Crippen molar-refractivity contribution in [1.82, 2.24) is 4.90 Å². The van der Waals surface area contributed by atoms with Crippen LogP contribution in [0.3, 0.4) is 0 Å². The van der Waals surface area contributed by atoms with Crippen LogP contribution in [0.1, 0.15) is 27.7 Å². The summed E-state index contributed by atoms with van der Waals surface area (Å²) in [5.41, 5.74) is 6.20. The van der Waals surface area contributed by atoms with Crippen LogP contribution in [0.15, 0.2) is 0 Å². The van der Waals surface area contributed by atoms with Crippen LogP contribution in [-0.4, -0.2) is 42.3 Å². The first-order valence-electron chi connectivity index (χ1n) is 5.07. The Hall–Kier alpha value is -0.120. The maximum atomic E-state index is 5.99. The van der Waals surface area contributed by atoms with E-state index in [1.54, 1.807) is 0 Å². The molecule has 2 N–H and O–H groups in total. The fourth-order valence-corrected chi connectivity index (χ4v) is 1.74. The molecule has 0 saturated carbocycles. The summed E-state index contributed by atoms with van der Waals surface area (Å²) in [6, 6.07) is 0.180. The van der Waals surface area contributed by atoms with Crippen molar-refractivity contribution in [2.45, 2.75) is 45.4 Å².